The zero-order valence-corrected chi connectivity index (χ0v) is 13.5. The van der Waals surface area contributed by atoms with Crippen LogP contribution in [-0.2, 0) is 16.3 Å². The minimum atomic E-state index is -2.90. The lowest BCUT2D eigenvalue weighted by molar-refractivity contribution is 0.186. The van der Waals surface area contributed by atoms with E-state index >= 15 is 0 Å². The summed E-state index contributed by atoms with van der Waals surface area (Å²) in [5.74, 6) is 0.320. The fraction of sp³-hybridized carbons (Fsp3) is 0.667. The first-order valence-electron chi connectivity index (χ1n) is 6.78. The summed E-state index contributed by atoms with van der Waals surface area (Å²) in [5, 5.41) is 5.22. The van der Waals surface area contributed by atoms with Crippen LogP contribution >= 0.6 is 11.3 Å². The van der Waals surface area contributed by atoms with Crippen LogP contribution in [0.15, 0.2) is 5.38 Å². The second-order valence-electron chi connectivity index (χ2n) is 5.15. The second-order valence-corrected chi connectivity index (χ2v) is 8.35. The van der Waals surface area contributed by atoms with E-state index in [0.29, 0.717) is 30.9 Å². The van der Waals surface area contributed by atoms with Gasteiger partial charge in [0.2, 0.25) is 0 Å². The van der Waals surface area contributed by atoms with Gasteiger partial charge in [-0.25, -0.2) is 18.2 Å². The molecule has 3 N–H and O–H groups in total. The van der Waals surface area contributed by atoms with Crippen LogP contribution in [0.4, 0.5) is 9.93 Å². The molecule has 2 rings (SSSR count). The fourth-order valence-electron chi connectivity index (χ4n) is 2.29. The van der Waals surface area contributed by atoms with Crippen molar-refractivity contribution >= 4 is 32.3 Å². The number of urea groups is 1. The van der Waals surface area contributed by atoms with Crippen molar-refractivity contribution in [2.45, 2.75) is 25.3 Å². The van der Waals surface area contributed by atoms with Gasteiger partial charge in [-0.15, -0.1) is 11.3 Å². The number of hydrogen-bond donors (Lipinski definition) is 2. The SMILES string of the molecule is CN(C(=O)NCCc1csc(N)n1)C1CCS(=O)(=O)CC1. The summed E-state index contributed by atoms with van der Waals surface area (Å²) < 4.78 is 22.8. The zero-order valence-electron chi connectivity index (χ0n) is 11.9. The molecule has 1 aliphatic rings. The molecular formula is C12H20N4O3S2. The first-order valence-corrected chi connectivity index (χ1v) is 9.48. The van der Waals surface area contributed by atoms with E-state index in [1.165, 1.54) is 11.3 Å². The van der Waals surface area contributed by atoms with Crippen molar-refractivity contribution < 1.29 is 13.2 Å². The van der Waals surface area contributed by atoms with Gasteiger partial charge < -0.3 is 16.0 Å². The molecular weight excluding hydrogens is 312 g/mol. The molecule has 1 aromatic heterocycles. The third-order valence-corrected chi connectivity index (χ3v) is 6.06. The molecule has 1 fully saturated rings. The number of carbonyl (C=O) groups excluding carboxylic acids is 1. The highest BCUT2D eigenvalue weighted by Gasteiger charge is 2.28. The highest BCUT2D eigenvalue weighted by molar-refractivity contribution is 7.91. The molecule has 0 unspecified atom stereocenters. The molecule has 1 aliphatic heterocycles. The number of amides is 2. The van der Waals surface area contributed by atoms with Gasteiger partial charge in [-0.05, 0) is 12.8 Å². The van der Waals surface area contributed by atoms with Crippen molar-refractivity contribution in [2.75, 3.05) is 30.8 Å². The van der Waals surface area contributed by atoms with E-state index in [9.17, 15) is 13.2 Å². The molecule has 1 saturated heterocycles. The van der Waals surface area contributed by atoms with E-state index in [0.717, 1.165) is 5.69 Å². The smallest absolute Gasteiger partial charge is 0.317 e. The van der Waals surface area contributed by atoms with Crippen molar-refractivity contribution in [3.63, 3.8) is 0 Å². The predicted octanol–water partition coefficient (Wildman–Crippen LogP) is 0.486. The van der Waals surface area contributed by atoms with Gasteiger partial charge in [-0.2, -0.15) is 0 Å². The van der Waals surface area contributed by atoms with Crippen molar-refractivity contribution in [3.8, 4) is 0 Å². The van der Waals surface area contributed by atoms with E-state index in [2.05, 4.69) is 10.3 Å². The average molecular weight is 332 g/mol. The molecule has 2 heterocycles. The number of thiazole rings is 1. The van der Waals surface area contributed by atoms with Crippen LogP contribution in [-0.4, -0.2) is 55.5 Å². The molecule has 1 aromatic rings. The molecule has 7 nitrogen and oxygen atoms in total. The molecule has 0 radical (unpaired) electrons. The maximum Gasteiger partial charge on any atom is 0.317 e. The number of hydrogen-bond acceptors (Lipinski definition) is 6. The van der Waals surface area contributed by atoms with Crippen LogP contribution < -0.4 is 11.1 Å². The molecule has 0 aromatic carbocycles. The Hall–Kier alpha value is -1.35. The minimum absolute atomic E-state index is 0.0107. The van der Waals surface area contributed by atoms with Crippen LogP contribution in [0.1, 0.15) is 18.5 Å². The van der Waals surface area contributed by atoms with E-state index in [-0.39, 0.29) is 23.6 Å². The number of nitrogens with zero attached hydrogens (tertiary/aromatic N) is 2. The Bertz CT molecular complexity index is 585. The number of carbonyl (C=O) groups is 1. The largest absolute Gasteiger partial charge is 0.375 e. The normalized spacial score (nSPS) is 18.3. The third kappa shape index (κ3) is 4.57. The van der Waals surface area contributed by atoms with E-state index < -0.39 is 9.84 Å². The first kappa shape index (κ1) is 16.0. The fourth-order valence-corrected chi connectivity index (χ4v) is 4.35. The average Bonchev–Trinajstić information content (AvgIpc) is 2.83. The molecule has 21 heavy (non-hydrogen) atoms. The Morgan fingerprint density at radius 2 is 2.19 bits per heavy atom. The van der Waals surface area contributed by atoms with Gasteiger partial charge in [0.25, 0.3) is 0 Å². The van der Waals surface area contributed by atoms with Crippen LogP contribution in [0.25, 0.3) is 0 Å². The maximum atomic E-state index is 12.0. The molecule has 118 valence electrons. The maximum absolute atomic E-state index is 12.0. The number of rotatable bonds is 4. The zero-order chi connectivity index (χ0) is 15.5. The first-order chi connectivity index (χ1) is 9.87. The molecule has 2 amide bonds. The Morgan fingerprint density at radius 1 is 1.52 bits per heavy atom. The monoisotopic (exact) mass is 332 g/mol. The number of anilines is 1. The number of nitrogens with two attached hydrogens (primary N) is 1. The number of sulfone groups is 1. The van der Waals surface area contributed by atoms with Gasteiger partial charge in [-0.1, -0.05) is 0 Å². The highest BCUT2D eigenvalue weighted by atomic mass is 32.2. The van der Waals surface area contributed by atoms with Crippen LogP contribution in [0, 0.1) is 0 Å². The van der Waals surface area contributed by atoms with Crippen LogP contribution in [0.5, 0.6) is 0 Å². The summed E-state index contributed by atoms with van der Waals surface area (Å²) in [6, 6.07) is -0.189. The van der Waals surface area contributed by atoms with E-state index in [1.54, 1.807) is 11.9 Å². The number of nitrogens with one attached hydrogen (secondary N) is 1. The summed E-state index contributed by atoms with van der Waals surface area (Å²) in [6.07, 6.45) is 1.65. The Labute approximate surface area is 128 Å². The molecule has 0 aliphatic carbocycles. The number of nitrogen functional groups attached to an aromatic ring is 1. The minimum Gasteiger partial charge on any atom is -0.375 e. The summed E-state index contributed by atoms with van der Waals surface area (Å²) in [5.41, 5.74) is 6.41. The lowest BCUT2D eigenvalue weighted by atomic mass is 10.1. The van der Waals surface area contributed by atoms with Crippen molar-refractivity contribution in [3.05, 3.63) is 11.1 Å². The van der Waals surface area contributed by atoms with E-state index in [1.807, 2.05) is 5.38 Å². The molecule has 0 spiro atoms. The molecule has 0 atom stereocenters. The topological polar surface area (TPSA) is 105 Å². The Morgan fingerprint density at radius 3 is 2.76 bits per heavy atom. The summed E-state index contributed by atoms with van der Waals surface area (Å²) in [7, 11) is -1.20. The van der Waals surface area contributed by atoms with Crippen LogP contribution in [0.3, 0.4) is 0 Å². The highest BCUT2D eigenvalue weighted by Crippen LogP contribution is 2.17. The standard InChI is InChI=1S/C12H20N4O3S2/c1-16(10-3-6-21(18,19)7-4-10)12(17)14-5-2-9-8-20-11(13)15-9/h8,10H,2-7H2,1H3,(H2,13,15)(H,14,17). The van der Waals surface area contributed by atoms with Gasteiger partial charge in [-0.3, -0.25) is 0 Å². The quantitative estimate of drug-likeness (QED) is 0.834. The van der Waals surface area contributed by atoms with Gasteiger partial charge in [0.15, 0.2) is 5.13 Å². The third-order valence-electron chi connectivity index (χ3n) is 3.62. The summed E-state index contributed by atoms with van der Waals surface area (Å²) in [4.78, 5) is 17.7. The lowest BCUT2D eigenvalue weighted by Gasteiger charge is -2.31. The van der Waals surface area contributed by atoms with Gasteiger partial charge in [0.05, 0.1) is 17.2 Å². The molecule has 9 heteroatoms. The Kier molecular flexibility index (Phi) is 5.04. The van der Waals surface area contributed by atoms with Crippen LogP contribution in [0.2, 0.25) is 0 Å². The molecule has 0 bridgehead atoms. The van der Waals surface area contributed by atoms with Crippen molar-refractivity contribution in [1.82, 2.24) is 15.2 Å². The Balaban J connectivity index is 1.75. The van der Waals surface area contributed by atoms with Crippen molar-refractivity contribution in [2.24, 2.45) is 0 Å². The van der Waals surface area contributed by atoms with Gasteiger partial charge in [0.1, 0.15) is 9.84 Å². The van der Waals surface area contributed by atoms with E-state index in [4.69, 9.17) is 5.73 Å². The second kappa shape index (κ2) is 6.61. The predicted molar refractivity (Wildman–Crippen MR) is 83.1 cm³/mol. The summed E-state index contributed by atoms with van der Waals surface area (Å²) >= 11 is 1.38. The molecule has 0 saturated carbocycles. The number of aromatic nitrogens is 1. The van der Waals surface area contributed by atoms with Crippen molar-refractivity contribution in [1.29, 1.82) is 0 Å². The van der Waals surface area contributed by atoms with Gasteiger partial charge in [0, 0.05) is 31.4 Å². The lowest BCUT2D eigenvalue weighted by Crippen LogP contribution is -2.47. The van der Waals surface area contributed by atoms with Gasteiger partial charge >= 0.3 is 6.03 Å². The summed E-state index contributed by atoms with van der Waals surface area (Å²) in [6.45, 7) is 0.483.